The largest absolute Gasteiger partial charge is 0.465 e. The van der Waals surface area contributed by atoms with Crippen LogP contribution < -0.4 is 10.1 Å². The van der Waals surface area contributed by atoms with E-state index in [1.54, 1.807) is 19.2 Å². The molecule has 0 saturated carbocycles. The molecule has 0 aliphatic rings. The molecule has 6 nitrogen and oxygen atoms in total. The Bertz CT molecular complexity index is 782. The van der Waals surface area contributed by atoms with Crippen LogP contribution in [0.25, 0.3) is 10.9 Å². The fourth-order valence-corrected chi connectivity index (χ4v) is 1.89. The first kappa shape index (κ1) is 13.1. The smallest absolute Gasteiger partial charge is 0.262 e. The highest BCUT2D eigenvalue weighted by Crippen LogP contribution is 2.16. The summed E-state index contributed by atoms with van der Waals surface area (Å²) in [7, 11) is 0. The van der Waals surface area contributed by atoms with E-state index in [0.29, 0.717) is 17.3 Å². The molecule has 0 fully saturated rings. The number of ether oxygens (including phenoxy) is 1. The number of aromatic nitrogens is 2. The predicted octanol–water partition coefficient (Wildman–Crippen LogP) is 2.55. The molecule has 0 aliphatic carbocycles. The monoisotopic (exact) mass is 283 g/mol. The molecule has 0 bridgehead atoms. The summed E-state index contributed by atoms with van der Waals surface area (Å²) >= 11 is 0. The van der Waals surface area contributed by atoms with E-state index in [0.717, 1.165) is 10.9 Å². The number of hydrogen-bond donors (Lipinski definition) is 1. The average molecular weight is 283 g/mol. The maximum absolute atomic E-state index is 11.8. The number of nitrogens with one attached hydrogen (secondary N) is 1. The van der Waals surface area contributed by atoms with Gasteiger partial charge in [-0.2, -0.15) is 0 Å². The number of pyridine rings is 1. The van der Waals surface area contributed by atoms with Crippen LogP contribution in [0.1, 0.15) is 5.76 Å². The van der Waals surface area contributed by atoms with E-state index in [1.807, 2.05) is 30.3 Å². The lowest BCUT2D eigenvalue weighted by Crippen LogP contribution is -2.20. The van der Waals surface area contributed by atoms with E-state index in [9.17, 15) is 4.79 Å². The summed E-state index contributed by atoms with van der Waals surface area (Å²) in [6.45, 7) is 1.61. The second-order valence-electron chi connectivity index (χ2n) is 4.53. The topological polar surface area (TPSA) is 77.2 Å². The summed E-state index contributed by atoms with van der Waals surface area (Å²) in [5.41, 5.74) is 1.50. The third kappa shape index (κ3) is 3.17. The molecule has 0 spiro atoms. The molecule has 106 valence electrons. The van der Waals surface area contributed by atoms with Gasteiger partial charge in [-0.3, -0.25) is 9.78 Å². The quantitative estimate of drug-likeness (QED) is 0.796. The lowest BCUT2D eigenvalue weighted by Gasteiger charge is -2.06. The number of para-hydroxylation sites is 1. The molecule has 0 aliphatic heterocycles. The summed E-state index contributed by atoms with van der Waals surface area (Å²) < 4.78 is 10.1. The van der Waals surface area contributed by atoms with Gasteiger partial charge in [0.05, 0.1) is 17.4 Å². The van der Waals surface area contributed by atoms with Crippen molar-refractivity contribution < 1.29 is 14.1 Å². The van der Waals surface area contributed by atoms with Crippen LogP contribution in [0.2, 0.25) is 0 Å². The van der Waals surface area contributed by atoms with Gasteiger partial charge in [0.25, 0.3) is 11.8 Å². The highest BCUT2D eigenvalue weighted by Gasteiger charge is 2.07. The van der Waals surface area contributed by atoms with Crippen molar-refractivity contribution in [2.75, 3.05) is 11.9 Å². The minimum Gasteiger partial charge on any atom is -0.465 e. The third-order valence-corrected chi connectivity index (χ3v) is 2.83. The van der Waals surface area contributed by atoms with Crippen molar-refractivity contribution in [3.05, 3.63) is 48.4 Å². The zero-order valence-corrected chi connectivity index (χ0v) is 11.4. The normalized spacial score (nSPS) is 10.5. The Hall–Kier alpha value is -2.89. The zero-order valence-electron chi connectivity index (χ0n) is 11.4. The first-order valence-electron chi connectivity index (χ1n) is 6.41. The van der Waals surface area contributed by atoms with Crippen LogP contribution in [-0.4, -0.2) is 22.7 Å². The van der Waals surface area contributed by atoms with E-state index >= 15 is 0 Å². The van der Waals surface area contributed by atoms with Gasteiger partial charge in [0.2, 0.25) is 0 Å². The Labute approximate surface area is 120 Å². The lowest BCUT2D eigenvalue weighted by atomic mass is 10.2. The summed E-state index contributed by atoms with van der Waals surface area (Å²) in [4.78, 5) is 16.1. The number of carbonyl (C=O) groups excluding carboxylic acids is 1. The molecule has 3 aromatic rings. The van der Waals surface area contributed by atoms with Gasteiger partial charge in [-0.25, -0.2) is 0 Å². The molecule has 1 N–H and O–H groups in total. The van der Waals surface area contributed by atoms with Crippen molar-refractivity contribution in [2.24, 2.45) is 0 Å². The molecule has 1 amide bonds. The molecule has 0 saturated heterocycles. The van der Waals surface area contributed by atoms with Crippen molar-refractivity contribution in [3.63, 3.8) is 0 Å². The zero-order chi connectivity index (χ0) is 14.7. The Morgan fingerprint density at radius 1 is 1.33 bits per heavy atom. The molecule has 0 unspecified atom stereocenters. The van der Waals surface area contributed by atoms with Gasteiger partial charge in [-0.05, 0) is 24.2 Å². The van der Waals surface area contributed by atoms with E-state index in [4.69, 9.17) is 9.26 Å². The molecule has 0 radical (unpaired) electrons. The Kier molecular flexibility index (Phi) is 3.51. The number of anilines is 1. The standard InChI is InChI=1S/C15H13N3O3/c1-10-6-15(18-21-10)20-9-14(19)17-12-7-11-4-2-3-5-13(11)16-8-12/h2-8H,9H2,1H3,(H,17,19). The summed E-state index contributed by atoms with van der Waals surface area (Å²) in [6.07, 6.45) is 1.61. The average Bonchev–Trinajstić information content (AvgIpc) is 2.91. The predicted molar refractivity (Wildman–Crippen MR) is 77.1 cm³/mol. The van der Waals surface area contributed by atoms with E-state index in [2.05, 4.69) is 15.5 Å². The van der Waals surface area contributed by atoms with Crippen LogP contribution in [0.3, 0.4) is 0 Å². The summed E-state index contributed by atoms with van der Waals surface area (Å²) in [5, 5.41) is 7.33. The van der Waals surface area contributed by atoms with Crippen LogP contribution >= 0.6 is 0 Å². The number of carbonyl (C=O) groups is 1. The van der Waals surface area contributed by atoms with Crippen molar-refractivity contribution in [1.29, 1.82) is 0 Å². The number of hydrogen-bond acceptors (Lipinski definition) is 5. The minimum absolute atomic E-state index is 0.140. The molecule has 3 rings (SSSR count). The first-order chi connectivity index (χ1) is 10.2. The van der Waals surface area contributed by atoms with Crippen LogP contribution in [0, 0.1) is 6.92 Å². The van der Waals surface area contributed by atoms with Gasteiger partial charge in [-0.1, -0.05) is 18.2 Å². The fourth-order valence-electron chi connectivity index (χ4n) is 1.89. The molecular formula is C15H13N3O3. The first-order valence-corrected chi connectivity index (χ1v) is 6.41. The van der Waals surface area contributed by atoms with Gasteiger partial charge in [0.15, 0.2) is 6.61 Å². The maximum Gasteiger partial charge on any atom is 0.262 e. The molecule has 0 atom stereocenters. The number of benzene rings is 1. The van der Waals surface area contributed by atoms with Gasteiger partial charge in [0.1, 0.15) is 5.76 Å². The molecule has 2 aromatic heterocycles. The van der Waals surface area contributed by atoms with Gasteiger partial charge < -0.3 is 14.6 Å². The number of aryl methyl sites for hydroxylation is 1. The number of nitrogens with zero attached hydrogens (tertiary/aromatic N) is 2. The molecular weight excluding hydrogens is 270 g/mol. The SMILES string of the molecule is Cc1cc(OCC(=O)Nc2cnc3ccccc3c2)no1. The Balaban J connectivity index is 1.63. The molecule has 1 aromatic carbocycles. The number of amides is 1. The van der Waals surface area contributed by atoms with Crippen LogP contribution in [0.5, 0.6) is 5.88 Å². The highest BCUT2D eigenvalue weighted by molar-refractivity contribution is 5.93. The number of fused-ring (bicyclic) bond motifs is 1. The summed E-state index contributed by atoms with van der Waals surface area (Å²) in [6, 6.07) is 11.2. The molecule has 2 heterocycles. The third-order valence-electron chi connectivity index (χ3n) is 2.83. The second-order valence-corrected chi connectivity index (χ2v) is 4.53. The van der Waals surface area contributed by atoms with Crippen molar-refractivity contribution in [1.82, 2.24) is 10.1 Å². The maximum atomic E-state index is 11.8. The fraction of sp³-hybridized carbons (Fsp3) is 0.133. The van der Waals surface area contributed by atoms with Crippen LogP contribution in [0.4, 0.5) is 5.69 Å². The molecule has 21 heavy (non-hydrogen) atoms. The van der Waals surface area contributed by atoms with E-state index in [1.165, 1.54) is 0 Å². The van der Waals surface area contributed by atoms with Crippen LogP contribution in [0.15, 0.2) is 47.1 Å². The van der Waals surface area contributed by atoms with E-state index < -0.39 is 0 Å². The van der Waals surface area contributed by atoms with Gasteiger partial charge >= 0.3 is 0 Å². The number of rotatable bonds is 4. The Morgan fingerprint density at radius 3 is 3.00 bits per heavy atom. The van der Waals surface area contributed by atoms with Crippen molar-refractivity contribution in [2.45, 2.75) is 6.92 Å². The van der Waals surface area contributed by atoms with Crippen molar-refractivity contribution in [3.8, 4) is 5.88 Å². The minimum atomic E-state index is -0.285. The summed E-state index contributed by atoms with van der Waals surface area (Å²) in [5.74, 6) is 0.635. The van der Waals surface area contributed by atoms with E-state index in [-0.39, 0.29) is 12.5 Å². The van der Waals surface area contributed by atoms with Gasteiger partial charge in [-0.15, -0.1) is 0 Å². The highest BCUT2D eigenvalue weighted by atomic mass is 16.5. The van der Waals surface area contributed by atoms with Crippen LogP contribution in [-0.2, 0) is 4.79 Å². The lowest BCUT2D eigenvalue weighted by molar-refractivity contribution is -0.118. The van der Waals surface area contributed by atoms with Gasteiger partial charge in [0, 0.05) is 11.5 Å². The Morgan fingerprint density at radius 2 is 2.19 bits per heavy atom. The van der Waals surface area contributed by atoms with Crippen molar-refractivity contribution >= 4 is 22.5 Å². The second kappa shape index (κ2) is 5.62. The molecule has 6 heteroatoms.